The zero-order valence-corrected chi connectivity index (χ0v) is 24.7. The lowest BCUT2D eigenvalue weighted by Crippen LogP contribution is -2.32. The van der Waals surface area contributed by atoms with Gasteiger partial charge in [-0.2, -0.15) is 0 Å². The number of carbonyl (C=O) groups is 1. The maximum absolute atomic E-state index is 13.8. The summed E-state index contributed by atoms with van der Waals surface area (Å²) in [7, 11) is 0. The maximum Gasteiger partial charge on any atom is 0.342 e. The minimum absolute atomic E-state index is 0.139. The highest BCUT2D eigenvalue weighted by Crippen LogP contribution is 2.57. The lowest BCUT2D eigenvalue weighted by Gasteiger charge is -2.36. The van der Waals surface area contributed by atoms with Crippen molar-refractivity contribution in [2.75, 3.05) is 28.6 Å². The van der Waals surface area contributed by atoms with Crippen LogP contribution in [0.4, 0.5) is 34.1 Å². The summed E-state index contributed by atoms with van der Waals surface area (Å²) in [4.78, 5) is 27.9. The van der Waals surface area contributed by atoms with Gasteiger partial charge in [0.15, 0.2) is 5.60 Å². The summed E-state index contributed by atoms with van der Waals surface area (Å²) in [6.45, 7) is 5.98. The van der Waals surface area contributed by atoms with Crippen LogP contribution >= 0.6 is 0 Å². The van der Waals surface area contributed by atoms with Crippen LogP contribution in [0.15, 0.2) is 109 Å². The first-order chi connectivity index (χ1) is 21.9. The number of hydrogen-bond acceptors (Lipinski definition) is 8. The molecule has 0 amide bonds. The molecular formula is C36H30N4O5. The van der Waals surface area contributed by atoms with E-state index in [4.69, 9.17) is 9.47 Å². The SMILES string of the molecule is CCN(CC)c1ccc(Nc2cccc([N+](=O)[O-])c2Nc2cccc3c2C(=O)OC32c3ccccc3Oc3ccccc32)cc1. The average molecular weight is 599 g/mol. The molecule has 7 rings (SSSR count). The number of fused-ring (bicyclic) bond motifs is 6. The highest BCUT2D eigenvalue weighted by molar-refractivity contribution is 6.04. The summed E-state index contributed by atoms with van der Waals surface area (Å²) >= 11 is 0. The van der Waals surface area contributed by atoms with Crippen LogP contribution in [-0.2, 0) is 10.3 Å². The number of hydrogen-bond donors (Lipinski definition) is 2. The largest absolute Gasteiger partial charge is 0.456 e. The number of nitrogens with zero attached hydrogens (tertiary/aromatic N) is 2. The number of carbonyl (C=O) groups excluding carboxylic acids is 1. The molecule has 0 unspecified atom stereocenters. The van der Waals surface area contributed by atoms with Crippen LogP contribution in [0.2, 0.25) is 0 Å². The first kappa shape index (κ1) is 28.0. The monoisotopic (exact) mass is 598 g/mol. The van der Waals surface area contributed by atoms with E-state index in [0.29, 0.717) is 45.1 Å². The summed E-state index contributed by atoms with van der Waals surface area (Å²) < 4.78 is 12.5. The van der Waals surface area contributed by atoms with Crippen molar-refractivity contribution in [3.8, 4) is 11.5 Å². The van der Waals surface area contributed by atoms with E-state index in [1.807, 2.05) is 84.9 Å². The normalized spacial score (nSPS) is 13.6. The highest BCUT2D eigenvalue weighted by Gasteiger charge is 2.54. The third kappa shape index (κ3) is 4.51. The molecule has 2 aliphatic heterocycles. The van der Waals surface area contributed by atoms with Gasteiger partial charge in [-0.25, -0.2) is 4.79 Å². The Balaban J connectivity index is 1.33. The van der Waals surface area contributed by atoms with E-state index in [9.17, 15) is 14.9 Å². The zero-order chi connectivity index (χ0) is 31.1. The number of ether oxygens (including phenoxy) is 2. The van der Waals surface area contributed by atoms with Crippen LogP contribution in [0.1, 0.15) is 40.9 Å². The van der Waals surface area contributed by atoms with Gasteiger partial charge in [0.05, 0.1) is 21.9 Å². The summed E-state index contributed by atoms with van der Waals surface area (Å²) in [5.74, 6) is 0.638. The molecule has 5 aromatic rings. The molecule has 2 N–H and O–H groups in total. The van der Waals surface area contributed by atoms with E-state index >= 15 is 0 Å². The van der Waals surface area contributed by atoms with E-state index < -0.39 is 16.5 Å². The van der Waals surface area contributed by atoms with Crippen LogP contribution in [-0.4, -0.2) is 24.0 Å². The topological polar surface area (TPSA) is 106 Å². The van der Waals surface area contributed by atoms with E-state index in [2.05, 4.69) is 29.4 Å². The average Bonchev–Trinajstić information content (AvgIpc) is 3.36. The fraction of sp³-hybridized carbons (Fsp3) is 0.139. The molecule has 0 radical (unpaired) electrons. The minimum Gasteiger partial charge on any atom is -0.456 e. The number of nitro groups is 1. The van der Waals surface area contributed by atoms with Crippen LogP contribution in [0.3, 0.4) is 0 Å². The predicted molar refractivity (Wildman–Crippen MR) is 174 cm³/mol. The van der Waals surface area contributed by atoms with Crippen molar-refractivity contribution in [1.29, 1.82) is 0 Å². The first-order valence-corrected chi connectivity index (χ1v) is 14.8. The standard InChI is InChI=1S/C36H30N4O5/c1-3-39(4-2)24-21-19-23(20-22-24)37-29-15-10-16-30(40(42)43)34(29)38-28-14-9-13-27-33(28)35(41)45-36(27)25-11-5-7-17-31(25)44-32-18-8-6-12-26(32)36/h5-22,37-38H,3-4H2,1-2H3. The number of rotatable bonds is 8. The number of anilines is 5. The Morgan fingerprint density at radius 1 is 0.733 bits per heavy atom. The van der Waals surface area contributed by atoms with Crippen LogP contribution in [0, 0.1) is 10.1 Å². The van der Waals surface area contributed by atoms with Gasteiger partial charge in [-0.15, -0.1) is 0 Å². The predicted octanol–water partition coefficient (Wildman–Crippen LogP) is 8.50. The van der Waals surface area contributed by atoms with E-state index in [1.165, 1.54) is 6.07 Å². The minimum atomic E-state index is -1.24. The Hall–Kier alpha value is -5.83. The van der Waals surface area contributed by atoms with Gasteiger partial charge in [0.2, 0.25) is 0 Å². The maximum atomic E-state index is 13.8. The summed E-state index contributed by atoms with van der Waals surface area (Å²) in [6, 6.07) is 33.1. The van der Waals surface area contributed by atoms with Crippen molar-refractivity contribution >= 4 is 40.1 Å². The molecule has 0 bridgehead atoms. The Labute approximate surface area is 260 Å². The van der Waals surface area contributed by atoms with Crippen molar-refractivity contribution < 1.29 is 19.2 Å². The number of nitro benzene ring substituents is 1. The second-order valence-electron chi connectivity index (χ2n) is 10.8. The summed E-state index contributed by atoms with van der Waals surface area (Å²) in [5.41, 5.74) is 3.91. The van der Waals surface area contributed by atoms with Crippen molar-refractivity contribution in [1.82, 2.24) is 0 Å². The Bertz CT molecular complexity index is 1910. The summed E-state index contributed by atoms with van der Waals surface area (Å²) in [5, 5.41) is 18.8. The van der Waals surface area contributed by atoms with E-state index in [-0.39, 0.29) is 11.4 Å². The number of nitrogens with one attached hydrogen (secondary N) is 2. The lowest BCUT2D eigenvalue weighted by molar-refractivity contribution is -0.383. The second-order valence-corrected chi connectivity index (χ2v) is 10.8. The fourth-order valence-electron chi connectivity index (χ4n) is 6.33. The molecule has 9 heteroatoms. The third-order valence-electron chi connectivity index (χ3n) is 8.42. The van der Waals surface area contributed by atoms with Crippen molar-refractivity contribution in [2.45, 2.75) is 19.4 Å². The number of esters is 1. The molecule has 0 saturated carbocycles. The molecule has 2 aliphatic rings. The third-order valence-corrected chi connectivity index (χ3v) is 8.42. The van der Waals surface area contributed by atoms with Gasteiger partial charge in [0.25, 0.3) is 5.69 Å². The Kier molecular flexibility index (Phi) is 6.85. The molecule has 0 fully saturated rings. The number of benzene rings is 5. The zero-order valence-electron chi connectivity index (χ0n) is 24.7. The van der Waals surface area contributed by atoms with Crippen molar-refractivity contribution in [2.24, 2.45) is 0 Å². The molecule has 9 nitrogen and oxygen atoms in total. The number of para-hydroxylation sites is 3. The van der Waals surface area contributed by atoms with Gasteiger partial charge in [-0.3, -0.25) is 10.1 Å². The molecule has 0 aliphatic carbocycles. The Morgan fingerprint density at radius 3 is 1.98 bits per heavy atom. The van der Waals surface area contributed by atoms with Gasteiger partial charge in [0.1, 0.15) is 17.2 Å². The van der Waals surface area contributed by atoms with E-state index in [1.54, 1.807) is 18.2 Å². The van der Waals surface area contributed by atoms with Gasteiger partial charge in [0, 0.05) is 47.2 Å². The molecular weight excluding hydrogens is 568 g/mol. The molecule has 0 aromatic heterocycles. The first-order valence-electron chi connectivity index (χ1n) is 14.8. The van der Waals surface area contributed by atoms with Gasteiger partial charge in [-0.1, -0.05) is 54.6 Å². The molecule has 45 heavy (non-hydrogen) atoms. The quantitative estimate of drug-likeness (QED) is 0.104. The van der Waals surface area contributed by atoms with E-state index in [0.717, 1.165) is 24.5 Å². The van der Waals surface area contributed by atoms with Gasteiger partial charge in [-0.05, 0) is 62.4 Å². The van der Waals surface area contributed by atoms with Crippen LogP contribution < -0.4 is 20.3 Å². The molecule has 0 saturated heterocycles. The van der Waals surface area contributed by atoms with Gasteiger partial charge >= 0.3 is 5.97 Å². The van der Waals surface area contributed by atoms with Gasteiger partial charge < -0.3 is 25.0 Å². The Morgan fingerprint density at radius 2 is 1.33 bits per heavy atom. The summed E-state index contributed by atoms with van der Waals surface area (Å²) in [6.07, 6.45) is 0. The van der Waals surface area contributed by atoms with Crippen LogP contribution in [0.25, 0.3) is 0 Å². The highest BCUT2D eigenvalue weighted by atomic mass is 16.6. The molecule has 0 atom stereocenters. The van der Waals surface area contributed by atoms with Crippen molar-refractivity contribution in [3.63, 3.8) is 0 Å². The van der Waals surface area contributed by atoms with Crippen LogP contribution in [0.5, 0.6) is 11.5 Å². The molecule has 1 spiro atoms. The fourth-order valence-corrected chi connectivity index (χ4v) is 6.33. The molecule has 2 heterocycles. The molecule has 224 valence electrons. The molecule has 5 aromatic carbocycles. The lowest BCUT2D eigenvalue weighted by atomic mass is 9.77. The second kappa shape index (κ2) is 11.0. The smallest absolute Gasteiger partial charge is 0.342 e. The van der Waals surface area contributed by atoms with Crippen molar-refractivity contribution in [3.05, 3.63) is 142 Å².